The molecule has 5 rings (SSSR count). The summed E-state index contributed by atoms with van der Waals surface area (Å²) in [4.78, 5) is 34.2. The number of aryl methyl sites for hydroxylation is 2. The molecule has 37 heavy (non-hydrogen) atoms. The van der Waals surface area contributed by atoms with Gasteiger partial charge in [0.25, 0.3) is 0 Å². The second kappa shape index (κ2) is 10.3. The number of likely N-dealkylation sites (tertiary alicyclic amines) is 1. The molecule has 1 saturated carbocycles. The summed E-state index contributed by atoms with van der Waals surface area (Å²) < 4.78 is 22.2. The monoisotopic (exact) mass is 508 g/mol. The van der Waals surface area contributed by atoms with Crippen LogP contribution in [0.3, 0.4) is 0 Å². The number of piperidine rings is 1. The van der Waals surface area contributed by atoms with Gasteiger partial charge in [-0.2, -0.15) is 5.10 Å². The molecule has 1 aliphatic carbocycles. The average Bonchev–Trinajstić information content (AvgIpc) is 3.59. The van der Waals surface area contributed by atoms with Crippen molar-refractivity contribution in [3.63, 3.8) is 0 Å². The van der Waals surface area contributed by atoms with Crippen LogP contribution in [0.25, 0.3) is 11.1 Å². The number of rotatable bonds is 7. The Hall–Kier alpha value is -3.86. The van der Waals surface area contributed by atoms with E-state index in [1.165, 1.54) is 4.90 Å². The number of hydrogen-bond donors (Lipinski definition) is 2. The summed E-state index contributed by atoms with van der Waals surface area (Å²) in [5, 5.41) is 16.2. The highest BCUT2D eigenvalue weighted by Gasteiger charge is 2.46. The number of nitrogens with zero attached hydrogens (tertiary/aromatic N) is 5. The molecule has 2 aliphatic rings. The van der Waals surface area contributed by atoms with E-state index in [9.17, 15) is 14.0 Å². The van der Waals surface area contributed by atoms with E-state index in [1.807, 2.05) is 31.2 Å². The van der Waals surface area contributed by atoms with Crippen molar-refractivity contribution in [1.29, 1.82) is 0 Å². The molecule has 1 saturated heterocycles. The van der Waals surface area contributed by atoms with E-state index < -0.39 is 24.8 Å². The van der Waals surface area contributed by atoms with Crippen LogP contribution in [0, 0.1) is 12.8 Å². The highest BCUT2D eigenvalue weighted by atomic mass is 19.1. The van der Waals surface area contributed by atoms with Gasteiger partial charge in [0.05, 0.1) is 6.54 Å². The molecule has 0 radical (unpaired) electrons. The number of aliphatic hydroxyl groups excluding tert-OH is 1. The lowest BCUT2D eigenvalue weighted by Crippen LogP contribution is -2.50. The smallest absolute Gasteiger partial charge is 0.248 e. The summed E-state index contributed by atoms with van der Waals surface area (Å²) in [6, 6.07) is 9.29. The molecule has 1 aromatic carbocycles. The van der Waals surface area contributed by atoms with Crippen LogP contribution in [-0.4, -0.2) is 73.5 Å². The number of halogens is 1. The number of hydrogen-bond acceptors (Lipinski definition) is 7. The van der Waals surface area contributed by atoms with Crippen molar-refractivity contribution in [2.75, 3.05) is 25.0 Å². The Morgan fingerprint density at radius 2 is 2.03 bits per heavy atom. The van der Waals surface area contributed by atoms with Gasteiger partial charge in [-0.1, -0.05) is 6.07 Å². The third kappa shape index (κ3) is 5.46. The van der Waals surface area contributed by atoms with E-state index in [0.29, 0.717) is 36.8 Å². The quantitative estimate of drug-likeness (QED) is 0.502. The Balaban J connectivity index is 1.21. The first-order valence-corrected chi connectivity index (χ1v) is 12.2. The first-order valence-electron chi connectivity index (χ1n) is 12.2. The van der Waals surface area contributed by atoms with Crippen molar-refractivity contribution in [1.82, 2.24) is 24.6 Å². The standard InChI is InChI=1S/C26H29FN6O4/c1-15-9-16(3-4-21(15)37-22-6-8-33(12-20(22)27)24(35)13-34)17-5-7-28-23(10-17)30-26(36)19-11-18(19)25-29-14-32(2)31-25/h3-5,7,9-10,14,18-20,22,34H,6,8,11-13H2,1-2H3,(H,28,30,36)/t18?,19?,20-,22+/m1/s1. The molecular weight excluding hydrogens is 479 g/mol. The van der Waals surface area contributed by atoms with Crippen LogP contribution in [0.2, 0.25) is 0 Å². The van der Waals surface area contributed by atoms with Crippen molar-refractivity contribution in [2.45, 2.75) is 38.0 Å². The Morgan fingerprint density at radius 3 is 2.73 bits per heavy atom. The number of amides is 2. The summed E-state index contributed by atoms with van der Waals surface area (Å²) in [6.45, 7) is 1.52. The first-order chi connectivity index (χ1) is 17.8. The molecule has 2 aromatic heterocycles. The van der Waals surface area contributed by atoms with Gasteiger partial charge in [-0.05, 0) is 54.3 Å². The van der Waals surface area contributed by atoms with Crippen LogP contribution < -0.4 is 10.1 Å². The molecular formula is C26H29FN6O4. The zero-order chi connectivity index (χ0) is 26.1. The third-order valence-corrected chi connectivity index (χ3v) is 6.84. The van der Waals surface area contributed by atoms with Crippen molar-refractivity contribution >= 4 is 17.6 Å². The average molecular weight is 509 g/mol. The number of alkyl halides is 1. The van der Waals surface area contributed by atoms with Crippen molar-refractivity contribution in [3.8, 4) is 16.9 Å². The number of nitrogens with one attached hydrogen (secondary N) is 1. The highest BCUT2D eigenvalue weighted by Crippen LogP contribution is 2.46. The van der Waals surface area contributed by atoms with Crippen molar-refractivity contribution < 1.29 is 23.8 Å². The number of anilines is 1. The van der Waals surface area contributed by atoms with Crippen LogP contribution in [0.15, 0.2) is 42.9 Å². The third-order valence-electron chi connectivity index (χ3n) is 6.84. The minimum atomic E-state index is -1.34. The zero-order valence-electron chi connectivity index (χ0n) is 20.7. The molecule has 2 unspecified atom stereocenters. The first kappa shape index (κ1) is 24.8. The molecule has 194 valence electrons. The van der Waals surface area contributed by atoms with Crippen LogP contribution >= 0.6 is 0 Å². The fraction of sp³-hybridized carbons (Fsp3) is 0.423. The van der Waals surface area contributed by atoms with Gasteiger partial charge in [-0.25, -0.2) is 14.4 Å². The molecule has 3 heterocycles. The summed E-state index contributed by atoms with van der Waals surface area (Å²) in [7, 11) is 1.80. The summed E-state index contributed by atoms with van der Waals surface area (Å²) in [6.07, 6.45) is 2.33. The fourth-order valence-corrected chi connectivity index (χ4v) is 4.66. The minimum Gasteiger partial charge on any atom is -0.487 e. The maximum absolute atomic E-state index is 14.6. The van der Waals surface area contributed by atoms with E-state index in [4.69, 9.17) is 9.84 Å². The Bertz CT molecular complexity index is 1310. The lowest BCUT2D eigenvalue weighted by molar-refractivity contribution is -0.138. The Morgan fingerprint density at radius 1 is 1.22 bits per heavy atom. The molecule has 2 N–H and O–H groups in total. The normalized spacial score (nSPS) is 23.0. The van der Waals surface area contributed by atoms with Gasteiger partial charge >= 0.3 is 0 Å². The SMILES string of the molecule is Cc1cc(-c2ccnc(NC(=O)C3CC3c3ncn(C)n3)c2)ccc1O[C@H]1CCN(C(=O)CO)C[C@H]1F. The van der Waals surface area contributed by atoms with E-state index in [-0.39, 0.29) is 24.3 Å². The number of ether oxygens (including phenoxy) is 1. The number of benzene rings is 1. The van der Waals surface area contributed by atoms with Gasteiger partial charge in [0.15, 0.2) is 12.0 Å². The van der Waals surface area contributed by atoms with E-state index in [2.05, 4.69) is 20.4 Å². The lowest BCUT2D eigenvalue weighted by atomic mass is 10.0. The molecule has 11 heteroatoms. The van der Waals surface area contributed by atoms with Gasteiger partial charge in [-0.3, -0.25) is 14.3 Å². The minimum absolute atomic E-state index is 0.0332. The Labute approximate surface area is 213 Å². The molecule has 2 fully saturated rings. The molecule has 1 aliphatic heterocycles. The summed E-state index contributed by atoms with van der Waals surface area (Å²) >= 11 is 0. The Kier molecular flexibility index (Phi) is 6.88. The molecule has 0 spiro atoms. The highest BCUT2D eigenvalue weighted by molar-refractivity contribution is 5.94. The molecule has 10 nitrogen and oxygen atoms in total. The van der Waals surface area contributed by atoms with Crippen LogP contribution in [0.1, 0.15) is 30.1 Å². The van der Waals surface area contributed by atoms with E-state index >= 15 is 0 Å². The van der Waals surface area contributed by atoms with Crippen molar-refractivity contribution in [2.24, 2.45) is 13.0 Å². The number of aliphatic hydroxyl groups is 1. The predicted molar refractivity (Wildman–Crippen MR) is 132 cm³/mol. The van der Waals surface area contributed by atoms with Crippen LogP contribution in [0.5, 0.6) is 5.75 Å². The second-order valence-electron chi connectivity index (χ2n) is 9.58. The molecule has 3 aromatic rings. The maximum atomic E-state index is 14.6. The van der Waals surface area contributed by atoms with E-state index in [1.54, 1.807) is 30.3 Å². The topological polar surface area (TPSA) is 122 Å². The predicted octanol–water partition coefficient (Wildman–Crippen LogP) is 2.24. The lowest BCUT2D eigenvalue weighted by Gasteiger charge is -2.34. The molecule has 0 bridgehead atoms. The van der Waals surface area contributed by atoms with Gasteiger partial charge < -0.3 is 20.1 Å². The largest absolute Gasteiger partial charge is 0.487 e. The van der Waals surface area contributed by atoms with Crippen LogP contribution in [-0.2, 0) is 16.6 Å². The summed E-state index contributed by atoms with van der Waals surface area (Å²) in [5.74, 6) is 1.01. The maximum Gasteiger partial charge on any atom is 0.248 e. The van der Waals surface area contributed by atoms with Crippen LogP contribution in [0.4, 0.5) is 10.2 Å². The van der Waals surface area contributed by atoms with Gasteiger partial charge in [-0.15, -0.1) is 0 Å². The molecule has 2 amide bonds. The number of carbonyl (C=O) groups is 2. The second-order valence-corrected chi connectivity index (χ2v) is 9.58. The number of aromatic nitrogens is 4. The molecule has 4 atom stereocenters. The van der Waals surface area contributed by atoms with Gasteiger partial charge in [0, 0.05) is 38.0 Å². The fourth-order valence-electron chi connectivity index (χ4n) is 4.66. The zero-order valence-corrected chi connectivity index (χ0v) is 20.7. The number of carbonyl (C=O) groups excluding carboxylic acids is 2. The van der Waals surface area contributed by atoms with Crippen molar-refractivity contribution in [3.05, 3.63) is 54.2 Å². The van der Waals surface area contributed by atoms with Gasteiger partial charge in [0.2, 0.25) is 11.8 Å². The van der Waals surface area contributed by atoms with E-state index in [0.717, 1.165) is 16.7 Å². The number of pyridine rings is 1. The van der Waals surface area contributed by atoms with Gasteiger partial charge in [0.1, 0.15) is 30.6 Å². The summed E-state index contributed by atoms with van der Waals surface area (Å²) in [5.41, 5.74) is 2.62.